The van der Waals surface area contributed by atoms with Crippen LogP contribution >= 0.6 is 12.6 Å². The summed E-state index contributed by atoms with van der Waals surface area (Å²) in [5, 5.41) is 2.75. The molecule has 0 bridgehead atoms. The molecule has 0 radical (unpaired) electrons. The van der Waals surface area contributed by atoms with E-state index in [0.29, 0.717) is 12.2 Å². The van der Waals surface area contributed by atoms with Crippen LogP contribution in [0.2, 0.25) is 0 Å². The highest BCUT2D eigenvalue weighted by atomic mass is 32.1. The van der Waals surface area contributed by atoms with E-state index in [0.717, 1.165) is 13.0 Å². The molecular formula is C7H17NOS. The van der Waals surface area contributed by atoms with E-state index in [1.807, 2.05) is 6.92 Å². The van der Waals surface area contributed by atoms with Gasteiger partial charge in [0.25, 0.3) is 0 Å². The minimum absolute atomic E-state index is 0. The van der Waals surface area contributed by atoms with Crippen molar-refractivity contribution in [3.8, 4) is 0 Å². The average Bonchev–Trinajstić information content (AvgIpc) is 1.85. The second kappa shape index (κ2) is 8.82. The summed E-state index contributed by atoms with van der Waals surface area (Å²) in [6.45, 7) is 2.81. The van der Waals surface area contributed by atoms with Crippen molar-refractivity contribution in [2.24, 2.45) is 0 Å². The molecule has 0 rings (SSSR count). The normalized spacial score (nSPS) is 8.20. The van der Waals surface area contributed by atoms with Crippen molar-refractivity contribution in [1.82, 2.24) is 5.32 Å². The van der Waals surface area contributed by atoms with Crippen molar-refractivity contribution in [3.05, 3.63) is 0 Å². The van der Waals surface area contributed by atoms with Gasteiger partial charge in [-0.05, 0) is 12.2 Å². The van der Waals surface area contributed by atoms with Gasteiger partial charge in [0, 0.05) is 13.0 Å². The van der Waals surface area contributed by atoms with Gasteiger partial charge in [-0.3, -0.25) is 4.79 Å². The first-order chi connectivity index (χ1) is 4.31. The molecule has 0 aromatic carbocycles. The smallest absolute Gasteiger partial charge is 0.220 e. The van der Waals surface area contributed by atoms with Gasteiger partial charge in [-0.2, -0.15) is 12.6 Å². The van der Waals surface area contributed by atoms with Crippen LogP contribution in [0, 0.1) is 0 Å². The Morgan fingerprint density at radius 1 is 1.60 bits per heavy atom. The molecule has 0 aliphatic rings. The summed E-state index contributed by atoms with van der Waals surface area (Å²) in [6.07, 6.45) is 1.53. The lowest BCUT2D eigenvalue weighted by atomic mass is 10.4. The Hall–Kier alpha value is -0.180. The molecule has 10 heavy (non-hydrogen) atoms. The molecular weight excluding hydrogens is 146 g/mol. The number of nitrogens with one attached hydrogen (secondary N) is 1. The van der Waals surface area contributed by atoms with Gasteiger partial charge >= 0.3 is 0 Å². The molecule has 62 valence electrons. The van der Waals surface area contributed by atoms with Crippen molar-refractivity contribution in [1.29, 1.82) is 0 Å². The van der Waals surface area contributed by atoms with Crippen molar-refractivity contribution in [2.75, 3.05) is 12.3 Å². The fourth-order valence-electron chi connectivity index (χ4n) is 0.454. The molecule has 1 amide bonds. The highest BCUT2D eigenvalue weighted by molar-refractivity contribution is 7.80. The monoisotopic (exact) mass is 163 g/mol. The molecule has 3 heteroatoms. The summed E-state index contributed by atoms with van der Waals surface area (Å²) in [5.41, 5.74) is 0. The van der Waals surface area contributed by atoms with E-state index in [-0.39, 0.29) is 13.3 Å². The average molecular weight is 163 g/mol. The minimum Gasteiger partial charge on any atom is -0.356 e. The molecule has 0 saturated heterocycles. The standard InChI is InChI=1S/C6H13NOS.CH4/c1-2-4-7-6(8)3-5-9;/h9H,2-5H2,1H3,(H,7,8);1H4. The summed E-state index contributed by atoms with van der Waals surface area (Å²) >= 11 is 3.92. The van der Waals surface area contributed by atoms with Crippen molar-refractivity contribution in [2.45, 2.75) is 27.2 Å². The van der Waals surface area contributed by atoms with E-state index < -0.39 is 0 Å². The van der Waals surface area contributed by atoms with Crippen molar-refractivity contribution in [3.63, 3.8) is 0 Å². The zero-order chi connectivity index (χ0) is 7.11. The van der Waals surface area contributed by atoms with Crippen LogP contribution in [-0.4, -0.2) is 18.2 Å². The third-order valence-corrected chi connectivity index (χ3v) is 1.13. The maximum atomic E-state index is 10.6. The maximum Gasteiger partial charge on any atom is 0.220 e. The first-order valence-electron chi connectivity index (χ1n) is 3.18. The predicted octanol–water partition coefficient (Wildman–Crippen LogP) is 1.47. The summed E-state index contributed by atoms with van der Waals surface area (Å²) in [5.74, 6) is 0.738. The summed E-state index contributed by atoms with van der Waals surface area (Å²) < 4.78 is 0. The first kappa shape index (κ1) is 12.5. The topological polar surface area (TPSA) is 29.1 Å². The fourth-order valence-corrected chi connectivity index (χ4v) is 0.657. The molecule has 0 heterocycles. The summed E-state index contributed by atoms with van der Waals surface area (Å²) in [4.78, 5) is 10.6. The molecule has 0 unspecified atom stereocenters. The van der Waals surface area contributed by atoms with Gasteiger partial charge in [0.2, 0.25) is 5.91 Å². The highest BCUT2D eigenvalue weighted by Gasteiger charge is 1.94. The number of carbonyl (C=O) groups excluding carboxylic acids is 1. The van der Waals surface area contributed by atoms with Gasteiger partial charge in [0.15, 0.2) is 0 Å². The van der Waals surface area contributed by atoms with E-state index in [1.165, 1.54) is 0 Å². The van der Waals surface area contributed by atoms with Crippen LogP contribution in [-0.2, 0) is 4.79 Å². The number of rotatable bonds is 4. The Balaban J connectivity index is 0. The van der Waals surface area contributed by atoms with Crippen LogP contribution < -0.4 is 5.32 Å². The second-order valence-corrected chi connectivity index (χ2v) is 2.27. The number of hydrogen-bond acceptors (Lipinski definition) is 2. The van der Waals surface area contributed by atoms with Crippen LogP contribution in [0.25, 0.3) is 0 Å². The molecule has 0 aromatic heterocycles. The van der Waals surface area contributed by atoms with E-state index in [2.05, 4.69) is 17.9 Å². The number of carbonyl (C=O) groups is 1. The van der Waals surface area contributed by atoms with Crippen LogP contribution in [0.5, 0.6) is 0 Å². The largest absolute Gasteiger partial charge is 0.356 e. The Kier molecular flexibility index (Phi) is 11.0. The molecule has 0 atom stereocenters. The molecule has 2 nitrogen and oxygen atoms in total. The Labute approximate surface area is 68.8 Å². The van der Waals surface area contributed by atoms with Gasteiger partial charge in [-0.15, -0.1) is 0 Å². The fraction of sp³-hybridized carbons (Fsp3) is 0.857. The molecule has 0 aromatic rings. The highest BCUT2D eigenvalue weighted by Crippen LogP contribution is 1.82. The quantitative estimate of drug-likeness (QED) is 0.604. The number of thiol groups is 1. The van der Waals surface area contributed by atoms with E-state index in [4.69, 9.17) is 0 Å². The summed E-state index contributed by atoms with van der Waals surface area (Å²) in [6, 6.07) is 0. The van der Waals surface area contributed by atoms with Gasteiger partial charge in [0.05, 0.1) is 0 Å². The Morgan fingerprint density at radius 2 is 2.20 bits per heavy atom. The molecule has 0 aliphatic heterocycles. The minimum atomic E-state index is 0. The van der Waals surface area contributed by atoms with Crippen molar-refractivity contribution < 1.29 is 4.79 Å². The lowest BCUT2D eigenvalue weighted by molar-refractivity contribution is -0.120. The zero-order valence-corrected chi connectivity index (χ0v) is 6.58. The van der Waals surface area contributed by atoms with Crippen LogP contribution in [0.4, 0.5) is 0 Å². The third kappa shape index (κ3) is 7.82. The second-order valence-electron chi connectivity index (χ2n) is 1.82. The first-order valence-corrected chi connectivity index (χ1v) is 3.82. The van der Waals surface area contributed by atoms with Gasteiger partial charge in [-0.25, -0.2) is 0 Å². The number of amides is 1. The van der Waals surface area contributed by atoms with E-state index >= 15 is 0 Å². The van der Waals surface area contributed by atoms with Crippen LogP contribution in [0.3, 0.4) is 0 Å². The van der Waals surface area contributed by atoms with Gasteiger partial charge in [-0.1, -0.05) is 14.4 Å². The van der Waals surface area contributed by atoms with E-state index in [1.54, 1.807) is 0 Å². The SMILES string of the molecule is C.CCCNC(=O)CCS. The van der Waals surface area contributed by atoms with Gasteiger partial charge in [0.1, 0.15) is 0 Å². The molecule has 0 fully saturated rings. The summed E-state index contributed by atoms with van der Waals surface area (Å²) in [7, 11) is 0. The lowest BCUT2D eigenvalue weighted by Crippen LogP contribution is -2.23. The van der Waals surface area contributed by atoms with Crippen LogP contribution in [0.15, 0.2) is 0 Å². The molecule has 0 spiro atoms. The Morgan fingerprint density at radius 3 is 2.60 bits per heavy atom. The lowest BCUT2D eigenvalue weighted by Gasteiger charge is -1.99. The molecule has 0 aliphatic carbocycles. The molecule has 0 saturated carbocycles. The van der Waals surface area contributed by atoms with Crippen molar-refractivity contribution >= 4 is 18.5 Å². The van der Waals surface area contributed by atoms with E-state index in [9.17, 15) is 4.79 Å². The van der Waals surface area contributed by atoms with Gasteiger partial charge < -0.3 is 5.32 Å². The zero-order valence-electron chi connectivity index (χ0n) is 5.68. The number of hydrogen-bond donors (Lipinski definition) is 2. The Bertz CT molecular complexity index is 85.7. The molecule has 1 N–H and O–H groups in total. The maximum absolute atomic E-state index is 10.6. The predicted molar refractivity (Wildman–Crippen MR) is 48.5 cm³/mol. The third-order valence-electron chi connectivity index (χ3n) is 0.911. The van der Waals surface area contributed by atoms with Crippen LogP contribution in [0.1, 0.15) is 27.2 Å².